The largest absolute Gasteiger partial charge is 0.355 e. The molecule has 0 spiro atoms. The van der Waals surface area contributed by atoms with Gasteiger partial charge in [0.2, 0.25) is 5.91 Å². The predicted octanol–water partition coefficient (Wildman–Crippen LogP) is 1.56. The second-order valence-electron chi connectivity index (χ2n) is 5.61. The minimum atomic E-state index is -0.357. The van der Waals surface area contributed by atoms with Gasteiger partial charge in [-0.1, -0.05) is 23.2 Å². The number of rotatable bonds is 7. The van der Waals surface area contributed by atoms with Crippen LogP contribution in [-0.2, 0) is 4.79 Å². The van der Waals surface area contributed by atoms with Gasteiger partial charge < -0.3 is 20.9 Å². The summed E-state index contributed by atoms with van der Waals surface area (Å²) in [7, 11) is 0. The number of carbonyl (C=O) groups excluding carboxylic acids is 2. The van der Waals surface area contributed by atoms with E-state index < -0.39 is 0 Å². The third kappa shape index (κ3) is 7.79. The minimum absolute atomic E-state index is 0. The van der Waals surface area contributed by atoms with E-state index in [1.54, 1.807) is 12.1 Å². The first kappa shape index (κ1) is 22.0. The van der Waals surface area contributed by atoms with Crippen LogP contribution in [0, 0.1) is 0 Å². The Morgan fingerprint density at radius 3 is 2.52 bits per heavy atom. The van der Waals surface area contributed by atoms with E-state index in [1.807, 2.05) is 0 Å². The molecule has 1 aromatic carbocycles. The molecule has 9 heteroatoms. The molecular formula is C16H23Cl3N4O2. The van der Waals surface area contributed by atoms with E-state index in [2.05, 4.69) is 20.9 Å². The summed E-state index contributed by atoms with van der Waals surface area (Å²) < 4.78 is 0. The van der Waals surface area contributed by atoms with Gasteiger partial charge in [-0.25, -0.2) is 0 Å². The Labute approximate surface area is 164 Å². The zero-order valence-electron chi connectivity index (χ0n) is 13.8. The fourth-order valence-corrected chi connectivity index (χ4v) is 2.73. The zero-order chi connectivity index (χ0) is 17.4. The monoisotopic (exact) mass is 408 g/mol. The van der Waals surface area contributed by atoms with Gasteiger partial charge >= 0.3 is 0 Å². The minimum Gasteiger partial charge on any atom is -0.355 e. The lowest BCUT2D eigenvalue weighted by atomic mass is 10.2. The topological polar surface area (TPSA) is 73.5 Å². The summed E-state index contributed by atoms with van der Waals surface area (Å²) in [6.07, 6.45) is 0.895. The first-order valence-corrected chi connectivity index (χ1v) is 8.75. The summed E-state index contributed by atoms with van der Waals surface area (Å²) in [6, 6.07) is 4.59. The van der Waals surface area contributed by atoms with E-state index in [4.69, 9.17) is 23.2 Å². The van der Waals surface area contributed by atoms with Gasteiger partial charge in [0.1, 0.15) is 0 Å². The highest BCUT2D eigenvalue weighted by atomic mass is 35.5. The molecule has 0 saturated carbocycles. The number of piperazine rings is 1. The number of nitrogens with zero attached hydrogens (tertiary/aromatic N) is 1. The first-order chi connectivity index (χ1) is 11.6. The average Bonchev–Trinajstić information content (AvgIpc) is 2.60. The molecule has 0 aromatic heterocycles. The molecule has 25 heavy (non-hydrogen) atoms. The smallest absolute Gasteiger partial charge is 0.251 e. The van der Waals surface area contributed by atoms with Crippen molar-refractivity contribution in [1.29, 1.82) is 0 Å². The van der Waals surface area contributed by atoms with Crippen molar-refractivity contribution in [3.8, 4) is 0 Å². The molecule has 0 aliphatic carbocycles. The quantitative estimate of drug-likeness (QED) is 0.598. The van der Waals surface area contributed by atoms with Crippen LogP contribution < -0.4 is 16.0 Å². The summed E-state index contributed by atoms with van der Waals surface area (Å²) in [5, 5.41) is 9.37. The molecule has 1 aliphatic rings. The highest BCUT2D eigenvalue weighted by Gasteiger charge is 2.11. The Bertz CT molecular complexity index is 580. The van der Waals surface area contributed by atoms with Crippen LogP contribution in [0.15, 0.2) is 18.2 Å². The number of nitrogens with one attached hydrogen (secondary N) is 3. The van der Waals surface area contributed by atoms with Crippen molar-refractivity contribution in [3.63, 3.8) is 0 Å². The summed E-state index contributed by atoms with van der Waals surface area (Å²) in [6.45, 7) is 5.65. The fraction of sp³-hybridized carbons (Fsp3) is 0.500. The zero-order valence-corrected chi connectivity index (χ0v) is 16.1. The van der Waals surface area contributed by atoms with E-state index in [0.29, 0.717) is 22.2 Å². The standard InChI is InChI=1S/C16H22Cl2N4O2.ClH/c17-13-3-2-12(10-14(13)18)16(24)21-11-15(23)20-4-1-7-22-8-5-19-6-9-22;/h2-3,10,19H,1,4-9,11H2,(H,20,23)(H,21,24);1H. The van der Waals surface area contributed by atoms with Crippen molar-refractivity contribution in [1.82, 2.24) is 20.9 Å². The van der Waals surface area contributed by atoms with Crippen LogP contribution in [0.2, 0.25) is 10.0 Å². The number of benzene rings is 1. The van der Waals surface area contributed by atoms with Crippen LogP contribution in [0.5, 0.6) is 0 Å². The van der Waals surface area contributed by atoms with Gasteiger partial charge in [0, 0.05) is 38.3 Å². The lowest BCUT2D eigenvalue weighted by Gasteiger charge is -2.27. The van der Waals surface area contributed by atoms with Gasteiger partial charge in [-0.05, 0) is 31.2 Å². The Balaban J connectivity index is 0.00000312. The summed E-state index contributed by atoms with van der Waals surface area (Å²) in [4.78, 5) is 26.1. The third-order valence-corrected chi connectivity index (χ3v) is 4.51. The maximum atomic E-state index is 11.9. The van der Waals surface area contributed by atoms with Gasteiger partial charge in [-0.3, -0.25) is 9.59 Å². The highest BCUT2D eigenvalue weighted by Crippen LogP contribution is 2.22. The van der Waals surface area contributed by atoms with Crippen LogP contribution in [0.25, 0.3) is 0 Å². The molecule has 140 valence electrons. The number of hydrogen-bond acceptors (Lipinski definition) is 4. The molecule has 0 unspecified atom stereocenters. The third-order valence-electron chi connectivity index (χ3n) is 3.77. The maximum absolute atomic E-state index is 11.9. The van der Waals surface area contributed by atoms with E-state index in [9.17, 15) is 9.59 Å². The molecule has 3 N–H and O–H groups in total. The number of hydrogen-bond donors (Lipinski definition) is 3. The highest BCUT2D eigenvalue weighted by molar-refractivity contribution is 6.42. The van der Waals surface area contributed by atoms with Crippen molar-refractivity contribution in [2.75, 3.05) is 45.8 Å². The summed E-state index contributed by atoms with van der Waals surface area (Å²) >= 11 is 11.7. The molecule has 0 bridgehead atoms. The molecule has 1 heterocycles. The van der Waals surface area contributed by atoms with Gasteiger partial charge in [0.15, 0.2) is 0 Å². The van der Waals surface area contributed by atoms with E-state index in [-0.39, 0.29) is 30.8 Å². The Morgan fingerprint density at radius 1 is 1.12 bits per heavy atom. The van der Waals surface area contributed by atoms with E-state index >= 15 is 0 Å². The van der Waals surface area contributed by atoms with E-state index in [0.717, 1.165) is 39.1 Å². The Hall–Kier alpha value is -1.05. The number of carbonyl (C=O) groups is 2. The van der Waals surface area contributed by atoms with Crippen molar-refractivity contribution in [2.24, 2.45) is 0 Å². The van der Waals surface area contributed by atoms with Gasteiger partial charge in [0.25, 0.3) is 5.91 Å². The number of amides is 2. The predicted molar refractivity (Wildman–Crippen MR) is 103 cm³/mol. The van der Waals surface area contributed by atoms with Crippen LogP contribution in [0.4, 0.5) is 0 Å². The lowest BCUT2D eigenvalue weighted by Crippen LogP contribution is -2.44. The Kier molecular flexibility index (Phi) is 10.2. The SMILES string of the molecule is Cl.O=C(CNC(=O)c1ccc(Cl)c(Cl)c1)NCCCN1CCNCC1. The molecule has 2 amide bonds. The van der Waals surface area contributed by atoms with Gasteiger partial charge in [-0.15, -0.1) is 12.4 Å². The molecule has 6 nitrogen and oxygen atoms in total. The second kappa shape index (κ2) is 11.5. The first-order valence-electron chi connectivity index (χ1n) is 7.99. The Morgan fingerprint density at radius 2 is 1.84 bits per heavy atom. The molecular weight excluding hydrogens is 387 g/mol. The van der Waals surface area contributed by atoms with Crippen LogP contribution in [0.3, 0.4) is 0 Å². The summed E-state index contributed by atoms with van der Waals surface area (Å²) in [5.74, 6) is -0.562. The molecule has 1 aliphatic heterocycles. The van der Waals surface area contributed by atoms with Gasteiger partial charge in [-0.2, -0.15) is 0 Å². The van der Waals surface area contributed by atoms with Crippen molar-refractivity contribution in [3.05, 3.63) is 33.8 Å². The second-order valence-corrected chi connectivity index (χ2v) is 6.42. The molecule has 0 radical (unpaired) electrons. The molecule has 2 rings (SSSR count). The van der Waals surface area contributed by atoms with E-state index in [1.165, 1.54) is 6.07 Å². The summed E-state index contributed by atoms with van der Waals surface area (Å²) in [5.41, 5.74) is 0.371. The van der Waals surface area contributed by atoms with Crippen LogP contribution >= 0.6 is 35.6 Å². The molecule has 1 saturated heterocycles. The fourth-order valence-electron chi connectivity index (χ4n) is 2.43. The van der Waals surface area contributed by atoms with Crippen molar-refractivity contribution < 1.29 is 9.59 Å². The molecule has 1 aromatic rings. The number of halogens is 3. The lowest BCUT2D eigenvalue weighted by molar-refractivity contribution is -0.120. The maximum Gasteiger partial charge on any atom is 0.251 e. The molecule has 1 fully saturated rings. The van der Waals surface area contributed by atoms with Gasteiger partial charge in [0.05, 0.1) is 16.6 Å². The average molecular weight is 410 g/mol. The molecule has 0 atom stereocenters. The van der Waals surface area contributed by atoms with Crippen LogP contribution in [0.1, 0.15) is 16.8 Å². The normalized spacial score (nSPS) is 14.5. The van der Waals surface area contributed by atoms with Crippen molar-refractivity contribution in [2.45, 2.75) is 6.42 Å². The van der Waals surface area contributed by atoms with Crippen molar-refractivity contribution >= 4 is 47.4 Å². The van der Waals surface area contributed by atoms with Crippen LogP contribution in [-0.4, -0.2) is 62.5 Å².